The molecule has 0 spiro atoms. The van der Waals surface area contributed by atoms with Gasteiger partial charge in [-0.2, -0.15) is 0 Å². The molecule has 2 fully saturated rings. The van der Waals surface area contributed by atoms with Crippen molar-refractivity contribution in [2.75, 3.05) is 18.8 Å². The van der Waals surface area contributed by atoms with Gasteiger partial charge in [0.15, 0.2) is 0 Å². The van der Waals surface area contributed by atoms with Crippen molar-refractivity contribution in [3.05, 3.63) is 33.6 Å². The fourth-order valence-corrected chi connectivity index (χ4v) is 4.42. The van der Waals surface area contributed by atoms with Gasteiger partial charge in [-0.1, -0.05) is 0 Å². The molecule has 2 saturated heterocycles. The summed E-state index contributed by atoms with van der Waals surface area (Å²) in [5, 5.41) is 11.1. The number of amides is 1. The highest BCUT2D eigenvalue weighted by molar-refractivity contribution is 6.01. The zero-order valence-electron chi connectivity index (χ0n) is 15.2. The maximum atomic E-state index is 13.8. The van der Waals surface area contributed by atoms with E-state index >= 15 is 0 Å². The van der Waals surface area contributed by atoms with E-state index in [4.69, 9.17) is 5.73 Å². The largest absolute Gasteiger partial charge is 0.393 e. The molecule has 3 unspecified atom stereocenters. The number of carbonyl (C=O) groups excluding carboxylic acids is 1. The molecule has 2 heterocycles. The van der Waals surface area contributed by atoms with Crippen molar-refractivity contribution in [1.82, 2.24) is 9.80 Å². The van der Waals surface area contributed by atoms with Gasteiger partial charge in [0.05, 0.1) is 16.6 Å². The topological polar surface area (TPSA) is 92.7 Å². The lowest BCUT2D eigenvalue weighted by atomic mass is 10.0. The van der Waals surface area contributed by atoms with Crippen molar-refractivity contribution in [1.29, 1.82) is 0 Å². The lowest BCUT2D eigenvalue weighted by Gasteiger charge is -2.41. The zero-order valence-corrected chi connectivity index (χ0v) is 15.2. The number of piperidine rings is 1. The van der Waals surface area contributed by atoms with E-state index < -0.39 is 22.3 Å². The highest BCUT2D eigenvalue weighted by Crippen LogP contribution is 2.32. The van der Waals surface area contributed by atoms with Crippen LogP contribution in [0.4, 0.5) is 15.8 Å². The van der Waals surface area contributed by atoms with Crippen LogP contribution in [-0.4, -0.2) is 51.8 Å². The molecule has 2 aliphatic rings. The van der Waals surface area contributed by atoms with E-state index in [0.717, 1.165) is 37.8 Å². The Morgan fingerprint density at radius 1 is 1.27 bits per heavy atom. The van der Waals surface area contributed by atoms with Gasteiger partial charge >= 0.3 is 0 Å². The first-order valence-electron chi connectivity index (χ1n) is 9.09. The molecule has 0 saturated carbocycles. The van der Waals surface area contributed by atoms with Crippen LogP contribution in [0.2, 0.25) is 0 Å². The lowest BCUT2D eigenvalue weighted by molar-refractivity contribution is -0.384. The first-order chi connectivity index (χ1) is 12.3. The van der Waals surface area contributed by atoms with Gasteiger partial charge < -0.3 is 10.6 Å². The number of nitrogen functional groups attached to an aromatic ring is 1. The molecule has 1 amide bonds. The lowest BCUT2D eigenvalue weighted by Crippen LogP contribution is -2.52. The molecule has 7 nitrogen and oxygen atoms in total. The van der Waals surface area contributed by atoms with Gasteiger partial charge in [0.25, 0.3) is 11.6 Å². The van der Waals surface area contributed by atoms with Crippen molar-refractivity contribution < 1.29 is 14.1 Å². The molecule has 3 atom stereocenters. The van der Waals surface area contributed by atoms with Crippen LogP contribution in [0.15, 0.2) is 12.1 Å². The molecule has 142 valence electrons. The van der Waals surface area contributed by atoms with Crippen LogP contribution in [0.3, 0.4) is 0 Å². The van der Waals surface area contributed by atoms with Crippen molar-refractivity contribution in [3.8, 4) is 0 Å². The predicted octanol–water partition coefficient (Wildman–Crippen LogP) is 2.79. The normalized spacial score (nSPS) is 26.9. The maximum Gasteiger partial charge on any atom is 0.295 e. The summed E-state index contributed by atoms with van der Waals surface area (Å²) in [4.78, 5) is 27.3. The molecule has 8 heteroatoms. The van der Waals surface area contributed by atoms with Gasteiger partial charge in [-0.05, 0) is 45.6 Å². The number of carbonyl (C=O) groups is 1. The Bertz CT molecular complexity index is 717. The summed E-state index contributed by atoms with van der Waals surface area (Å²) in [6.07, 6.45) is 4.16. The Labute approximate surface area is 152 Å². The average molecular weight is 364 g/mol. The minimum Gasteiger partial charge on any atom is -0.393 e. The van der Waals surface area contributed by atoms with Gasteiger partial charge in [0, 0.05) is 31.2 Å². The van der Waals surface area contributed by atoms with E-state index in [9.17, 15) is 19.3 Å². The summed E-state index contributed by atoms with van der Waals surface area (Å²) in [6.45, 7) is 5.50. The Balaban J connectivity index is 1.83. The highest BCUT2D eigenvalue weighted by atomic mass is 19.1. The van der Waals surface area contributed by atoms with E-state index in [-0.39, 0.29) is 17.3 Å². The van der Waals surface area contributed by atoms with Gasteiger partial charge in [0.2, 0.25) is 0 Å². The Kier molecular flexibility index (Phi) is 5.13. The van der Waals surface area contributed by atoms with E-state index in [1.165, 1.54) is 0 Å². The smallest absolute Gasteiger partial charge is 0.295 e. The molecule has 0 radical (unpaired) electrons. The second kappa shape index (κ2) is 7.19. The summed E-state index contributed by atoms with van der Waals surface area (Å²) in [6, 6.07) is 2.95. The number of anilines is 1. The van der Waals surface area contributed by atoms with Crippen molar-refractivity contribution in [2.45, 2.75) is 57.7 Å². The van der Waals surface area contributed by atoms with E-state index in [2.05, 4.69) is 18.7 Å². The fraction of sp³-hybridized carbons (Fsp3) is 0.611. The quantitative estimate of drug-likeness (QED) is 0.506. The number of hydrogen-bond donors (Lipinski definition) is 1. The predicted molar refractivity (Wildman–Crippen MR) is 96.4 cm³/mol. The fourth-order valence-electron chi connectivity index (χ4n) is 4.42. The molecule has 2 aliphatic heterocycles. The van der Waals surface area contributed by atoms with E-state index in [1.807, 2.05) is 0 Å². The Morgan fingerprint density at radius 3 is 2.54 bits per heavy atom. The van der Waals surface area contributed by atoms with Gasteiger partial charge in [0.1, 0.15) is 11.5 Å². The Morgan fingerprint density at radius 2 is 1.92 bits per heavy atom. The molecule has 1 aromatic carbocycles. The second-order valence-corrected chi connectivity index (χ2v) is 7.41. The Hall–Kier alpha value is -2.22. The number of nitro groups is 1. The molecular weight excluding hydrogens is 339 g/mol. The SMILES string of the molecule is CC1CCC(C)N1C1CCCN(C(=O)c2cc(F)cc([N+](=O)[O-])c2N)C1. The molecular formula is C18H25FN4O3. The summed E-state index contributed by atoms with van der Waals surface area (Å²) >= 11 is 0. The van der Waals surface area contributed by atoms with Crippen molar-refractivity contribution in [2.24, 2.45) is 0 Å². The highest BCUT2D eigenvalue weighted by Gasteiger charge is 2.37. The number of nitrogens with zero attached hydrogens (tertiary/aromatic N) is 3. The van der Waals surface area contributed by atoms with Crippen molar-refractivity contribution in [3.63, 3.8) is 0 Å². The monoisotopic (exact) mass is 364 g/mol. The first kappa shape index (κ1) is 18.6. The summed E-state index contributed by atoms with van der Waals surface area (Å²) in [5.74, 6) is -1.26. The third-order valence-electron chi connectivity index (χ3n) is 5.68. The number of hydrogen-bond acceptors (Lipinski definition) is 5. The van der Waals surface area contributed by atoms with Crippen LogP contribution in [0.5, 0.6) is 0 Å². The number of rotatable bonds is 3. The third-order valence-corrected chi connectivity index (χ3v) is 5.68. The van der Waals surface area contributed by atoms with Gasteiger partial charge in [-0.25, -0.2) is 4.39 Å². The standard InChI is InChI=1S/C18H25FN4O3/c1-11-5-6-12(2)22(11)14-4-3-7-21(10-14)18(24)15-8-13(19)9-16(17(15)20)23(25)26/h8-9,11-12,14H,3-7,10,20H2,1-2H3. The molecule has 2 N–H and O–H groups in total. The molecule has 26 heavy (non-hydrogen) atoms. The van der Waals surface area contributed by atoms with Gasteiger partial charge in [-0.3, -0.25) is 19.8 Å². The van der Waals surface area contributed by atoms with E-state index in [0.29, 0.717) is 25.2 Å². The number of nitrogens with two attached hydrogens (primary N) is 1. The average Bonchev–Trinajstić information content (AvgIpc) is 2.94. The van der Waals surface area contributed by atoms with Crippen LogP contribution < -0.4 is 5.73 Å². The van der Waals surface area contributed by atoms with Crippen LogP contribution in [0.25, 0.3) is 0 Å². The number of nitro benzene ring substituents is 1. The number of benzene rings is 1. The minimum absolute atomic E-state index is 0.125. The minimum atomic E-state index is -0.829. The van der Waals surface area contributed by atoms with Crippen LogP contribution >= 0.6 is 0 Å². The van der Waals surface area contributed by atoms with Crippen LogP contribution in [0.1, 0.15) is 49.9 Å². The molecule has 1 aromatic rings. The summed E-state index contributed by atoms with van der Waals surface area (Å²) < 4.78 is 13.8. The van der Waals surface area contributed by atoms with Crippen molar-refractivity contribution >= 4 is 17.3 Å². The van der Waals surface area contributed by atoms with Gasteiger partial charge in [-0.15, -0.1) is 0 Å². The maximum absolute atomic E-state index is 13.8. The summed E-state index contributed by atoms with van der Waals surface area (Å²) in [7, 11) is 0. The molecule has 0 bridgehead atoms. The number of likely N-dealkylation sites (tertiary alicyclic amines) is 2. The first-order valence-corrected chi connectivity index (χ1v) is 9.09. The third kappa shape index (κ3) is 3.38. The van der Waals surface area contributed by atoms with Crippen LogP contribution in [-0.2, 0) is 0 Å². The zero-order chi connectivity index (χ0) is 19.0. The summed E-state index contributed by atoms with van der Waals surface area (Å²) in [5.41, 5.74) is 4.83. The molecule has 3 rings (SSSR count). The molecule has 0 aliphatic carbocycles. The van der Waals surface area contributed by atoms with Crippen LogP contribution in [0, 0.1) is 15.9 Å². The second-order valence-electron chi connectivity index (χ2n) is 7.41. The molecule has 0 aromatic heterocycles. The van der Waals surface area contributed by atoms with E-state index in [1.54, 1.807) is 4.90 Å². The number of halogens is 1.